The lowest BCUT2D eigenvalue weighted by Crippen LogP contribution is -2.59. The highest BCUT2D eigenvalue weighted by Crippen LogP contribution is 2.33. The fraction of sp³-hybridized carbons (Fsp3) is 0.481. The number of amides is 2. The van der Waals surface area contributed by atoms with Crippen molar-refractivity contribution in [2.75, 3.05) is 31.6 Å². The minimum Gasteiger partial charge on any atom is -0.359 e. The molecule has 2 aromatic heterocycles. The number of anilines is 1. The molecule has 1 N–H and O–H groups in total. The number of benzene rings is 1. The van der Waals surface area contributed by atoms with Crippen molar-refractivity contribution < 1.29 is 9.59 Å². The number of carbonyl (C=O) groups excluding carboxylic acids is 2. The van der Waals surface area contributed by atoms with Crippen LogP contribution in [-0.4, -0.2) is 63.7 Å². The molecule has 2 aliphatic rings. The van der Waals surface area contributed by atoms with Gasteiger partial charge in [-0.2, -0.15) is 5.10 Å². The second-order valence-electron chi connectivity index (χ2n) is 10.9. The maximum atomic E-state index is 13.4. The number of pyridine rings is 1. The van der Waals surface area contributed by atoms with Gasteiger partial charge in [0.1, 0.15) is 5.82 Å². The number of hydrogen-bond acceptors (Lipinski definition) is 5. The van der Waals surface area contributed by atoms with E-state index in [1.165, 1.54) is 0 Å². The highest BCUT2D eigenvalue weighted by Gasteiger charge is 2.43. The van der Waals surface area contributed by atoms with Crippen molar-refractivity contribution in [2.24, 2.45) is 0 Å². The highest BCUT2D eigenvalue weighted by molar-refractivity contribution is 6.01. The molecule has 0 aliphatic carbocycles. The Kier molecular flexibility index (Phi) is 5.57. The largest absolute Gasteiger partial charge is 0.359 e. The van der Waals surface area contributed by atoms with E-state index in [1.54, 1.807) is 0 Å². The van der Waals surface area contributed by atoms with E-state index in [-0.39, 0.29) is 22.9 Å². The summed E-state index contributed by atoms with van der Waals surface area (Å²) in [6.07, 6.45) is 6.03. The molecule has 8 nitrogen and oxygen atoms in total. The Morgan fingerprint density at radius 3 is 2.63 bits per heavy atom. The minimum absolute atomic E-state index is 0.0269. The van der Waals surface area contributed by atoms with Crippen LogP contribution in [0.25, 0.3) is 10.8 Å². The first-order chi connectivity index (χ1) is 16.6. The van der Waals surface area contributed by atoms with Crippen LogP contribution in [0.3, 0.4) is 0 Å². The summed E-state index contributed by atoms with van der Waals surface area (Å²) in [5.41, 5.74) is 1.70. The average molecular weight is 475 g/mol. The fourth-order valence-corrected chi connectivity index (χ4v) is 5.14. The van der Waals surface area contributed by atoms with Crippen molar-refractivity contribution in [1.82, 2.24) is 25.0 Å². The van der Waals surface area contributed by atoms with Crippen LogP contribution in [0, 0.1) is 0 Å². The summed E-state index contributed by atoms with van der Waals surface area (Å²) in [7, 11) is 2.01. The number of fused-ring (bicyclic) bond motifs is 2. The first-order valence-corrected chi connectivity index (χ1v) is 12.4. The summed E-state index contributed by atoms with van der Waals surface area (Å²) in [6, 6.07) is 7.84. The zero-order valence-corrected chi connectivity index (χ0v) is 21.3. The molecule has 184 valence electrons. The molecule has 1 fully saturated rings. The van der Waals surface area contributed by atoms with Gasteiger partial charge >= 0.3 is 0 Å². The molecule has 2 amide bonds. The van der Waals surface area contributed by atoms with Gasteiger partial charge in [-0.05, 0) is 70.5 Å². The zero-order valence-electron chi connectivity index (χ0n) is 21.3. The first kappa shape index (κ1) is 23.3. The fourth-order valence-electron chi connectivity index (χ4n) is 5.14. The number of piperidine rings is 1. The number of rotatable bonds is 3. The van der Waals surface area contributed by atoms with E-state index >= 15 is 0 Å². The van der Waals surface area contributed by atoms with Crippen LogP contribution < -0.4 is 10.2 Å². The van der Waals surface area contributed by atoms with Crippen LogP contribution >= 0.6 is 0 Å². The minimum atomic E-state index is -0.322. The molecule has 0 bridgehead atoms. The van der Waals surface area contributed by atoms with Crippen LogP contribution in [0.1, 0.15) is 66.9 Å². The Labute approximate surface area is 206 Å². The third-order valence-electron chi connectivity index (χ3n) is 7.44. The second kappa shape index (κ2) is 8.36. The van der Waals surface area contributed by atoms with Gasteiger partial charge in [0.15, 0.2) is 5.69 Å². The molecule has 2 aliphatic heterocycles. The summed E-state index contributed by atoms with van der Waals surface area (Å²) < 4.78 is 1.88. The molecule has 4 heterocycles. The van der Waals surface area contributed by atoms with Crippen molar-refractivity contribution in [3.63, 3.8) is 0 Å². The van der Waals surface area contributed by atoms with Crippen LogP contribution in [0.15, 0.2) is 36.7 Å². The number of hydrogen-bond donors (Lipinski definition) is 1. The molecule has 0 radical (unpaired) electrons. The monoisotopic (exact) mass is 474 g/mol. The number of nitrogens with zero attached hydrogens (tertiary/aromatic N) is 5. The van der Waals surface area contributed by atoms with Gasteiger partial charge in [0.2, 0.25) is 0 Å². The molecule has 1 spiro atoms. The Bertz CT molecular complexity index is 1300. The third-order valence-corrected chi connectivity index (χ3v) is 7.44. The maximum absolute atomic E-state index is 13.4. The van der Waals surface area contributed by atoms with Gasteiger partial charge < -0.3 is 15.1 Å². The predicted molar refractivity (Wildman–Crippen MR) is 137 cm³/mol. The van der Waals surface area contributed by atoms with Gasteiger partial charge in [0.05, 0.1) is 5.54 Å². The molecule has 5 rings (SSSR count). The smallest absolute Gasteiger partial charge is 0.272 e. The summed E-state index contributed by atoms with van der Waals surface area (Å²) in [5.74, 6) is 0.802. The van der Waals surface area contributed by atoms with Crippen molar-refractivity contribution in [3.05, 3.63) is 53.5 Å². The number of aromatic nitrogens is 3. The second-order valence-corrected chi connectivity index (χ2v) is 10.9. The van der Waals surface area contributed by atoms with Crippen LogP contribution in [0.5, 0.6) is 0 Å². The molecular formula is C27H34N6O2. The average Bonchev–Trinajstić information content (AvgIpc) is 3.28. The van der Waals surface area contributed by atoms with Crippen LogP contribution in [-0.2, 0) is 12.0 Å². The highest BCUT2D eigenvalue weighted by atomic mass is 16.2. The molecule has 1 aromatic carbocycles. The molecule has 35 heavy (non-hydrogen) atoms. The van der Waals surface area contributed by atoms with Gasteiger partial charge in [-0.25, -0.2) is 4.98 Å². The molecule has 0 saturated carbocycles. The predicted octanol–water partition coefficient (Wildman–Crippen LogP) is 3.60. The maximum Gasteiger partial charge on any atom is 0.272 e. The Morgan fingerprint density at radius 2 is 1.94 bits per heavy atom. The molecule has 8 heteroatoms. The summed E-state index contributed by atoms with van der Waals surface area (Å²) >= 11 is 0. The lowest BCUT2D eigenvalue weighted by molar-refractivity contribution is 0.0605. The van der Waals surface area contributed by atoms with Gasteiger partial charge in [0, 0.05) is 61.1 Å². The van der Waals surface area contributed by atoms with Gasteiger partial charge in [-0.3, -0.25) is 14.3 Å². The van der Waals surface area contributed by atoms with Crippen molar-refractivity contribution in [1.29, 1.82) is 0 Å². The van der Waals surface area contributed by atoms with E-state index in [1.807, 2.05) is 53.3 Å². The quantitative estimate of drug-likeness (QED) is 0.627. The van der Waals surface area contributed by atoms with E-state index in [0.29, 0.717) is 24.3 Å². The van der Waals surface area contributed by atoms with E-state index in [0.717, 1.165) is 48.0 Å². The summed E-state index contributed by atoms with van der Waals surface area (Å²) in [4.78, 5) is 34.9. The lowest BCUT2D eigenvalue weighted by atomic mass is 9.79. The number of nitrogens with one attached hydrogen (secondary N) is 1. The Hall–Kier alpha value is -3.42. The van der Waals surface area contributed by atoms with Gasteiger partial charge in [0.25, 0.3) is 11.8 Å². The molecular weight excluding hydrogens is 440 g/mol. The molecule has 0 atom stereocenters. The third kappa shape index (κ3) is 4.15. The van der Waals surface area contributed by atoms with Crippen molar-refractivity contribution in [2.45, 2.75) is 58.0 Å². The van der Waals surface area contributed by atoms with E-state index in [2.05, 4.69) is 48.0 Å². The number of carbonyl (C=O) groups is 2. The number of likely N-dealkylation sites (tertiary alicyclic amines) is 1. The van der Waals surface area contributed by atoms with Crippen LogP contribution in [0.2, 0.25) is 0 Å². The first-order valence-electron chi connectivity index (χ1n) is 12.4. The standard InChI is InChI=1S/C27H34N6O2/c1-6-31(5)23-21-15-19(8-7-18(21)9-12-28-23)25(35)32-13-10-27(11-14-32)16-20-17-33(26(2,3)4)30-22(20)24(34)29-27/h7-9,12,15,17H,6,10-11,13-14,16H2,1-5H3,(H,29,34). The zero-order chi connectivity index (χ0) is 25.0. The molecule has 1 saturated heterocycles. The van der Waals surface area contributed by atoms with E-state index in [9.17, 15) is 9.59 Å². The molecule has 3 aromatic rings. The normalized spacial score (nSPS) is 17.4. The van der Waals surface area contributed by atoms with Crippen molar-refractivity contribution in [3.8, 4) is 0 Å². The van der Waals surface area contributed by atoms with Gasteiger partial charge in [-0.1, -0.05) is 6.07 Å². The van der Waals surface area contributed by atoms with E-state index < -0.39 is 0 Å². The van der Waals surface area contributed by atoms with Crippen molar-refractivity contribution >= 4 is 28.4 Å². The Morgan fingerprint density at radius 1 is 1.20 bits per heavy atom. The summed E-state index contributed by atoms with van der Waals surface area (Å²) in [5, 5.41) is 9.84. The molecule has 0 unspecified atom stereocenters. The van der Waals surface area contributed by atoms with Crippen LogP contribution in [0.4, 0.5) is 5.82 Å². The Balaban J connectivity index is 1.33. The SMILES string of the molecule is CCN(C)c1nccc2ccc(C(=O)N3CCC4(CC3)Cc3cn(C(C)(C)C)nc3C(=O)N4)cc12. The summed E-state index contributed by atoms with van der Waals surface area (Å²) in [6.45, 7) is 10.4. The lowest BCUT2D eigenvalue weighted by Gasteiger charge is -2.44. The van der Waals surface area contributed by atoms with Gasteiger partial charge in [-0.15, -0.1) is 0 Å². The van der Waals surface area contributed by atoms with E-state index in [4.69, 9.17) is 0 Å². The topological polar surface area (TPSA) is 83.4 Å².